The molecule has 0 spiro atoms. The summed E-state index contributed by atoms with van der Waals surface area (Å²) in [5.41, 5.74) is 0.928. The number of benzene rings is 1. The van der Waals surface area contributed by atoms with Crippen LogP contribution in [-0.2, 0) is 6.42 Å². The van der Waals surface area contributed by atoms with Crippen molar-refractivity contribution in [2.24, 2.45) is 0 Å². The highest BCUT2D eigenvalue weighted by Gasteiger charge is 2.21. The molecule has 0 radical (unpaired) electrons. The minimum atomic E-state index is -2.87. The van der Waals surface area contributed by atoms with Gasteiger partial charge in [0.15, 0.2) is 0 Å². The zero-order valence-corrected chi connectivity index (χ0v) is 9.98. The van der Waals surface area contributed by atoms with Gasteiger partial charge in [-0.25, -0.2) is 13.2 Å². The molecule has 102 valence electrons. The van der Waals surface area contributed by atoms with Crippen molar-refractivity contribution < 1.29 is 22.8 Å². The van der Waals surface area contributed by atoms with Crippen LogP contribution in [0.15, 0.2) is 22.7 Å². The largest absolute Gasteiger partial charge is 0.387 e. The first-order chi connectivity index (χ1) is 8.97. The van der Waals surface area contributed by atoms with Crippen LogP contribution in [0.1, 0.15) is 11.5 Å². The molecule has 1 unspecified atom stereocenters. The number of hydrogen-bond donors (Lipinski definition) is 1. The summed E-state index contributed by atoms with van der Waals surface area (Å²) >= 11 is 0. The van der Waals surface area contributed by atoms with Gasteiger partial charge in [-0.15, -0.1) is 0 Å². The van der Waals surface area contributed by atoms with E-state index in [1.165, 1.54) is 18.2 Å². The second-order valence-corrected chi connectivity index (χ2v) is 4.08. The van der Waals surface area contributed by atoms with E-state index >= 15 is 0 Å². The van der Waals surface area contributed by atoms with Crippen molar-refractivity contribution in [1.29, 1.82) is 0 Å². The van der Waals surface area contributed by atoms with Crippen molar-refractivity contribution >= 4 is 0 Å². The zero-order chi connectivity index (χ0) is 14.0. The van der Waals surface area contributed by atoms with E-state index in [1.54, 1.807) is 6.92 Å². The van der Waals surface area contributed by atoms with Crippen molar-refractivity contribution in [3.63, 3.8) is 0 Å². The van der Waals surface area contributed by atoms with E-state index in [4.69, 9.17) is 9.63 Å². The van der Waals surface area contributed by atoms with Crippen LogP contribution in [0.3, 0.4) is 0 Å². The van der Waals surface area contributed by atoms with Crippen LogP contribution in [0, 0.1) is 12.7 Å². The molecule has 4 nitrogen and oxygen atoms in total. The first-order valence-corrected chi connectivity index (χ1v) is 5.52. The fourth-order valence-electron chi connectivity index (χ4n) is 1.51. The third-order valence-electron chi connectivity index (χ3n) is 2.56. The SMILES string of the molecule is Cc1cc(-c2noc(CC(O)C(F)F)n2)ccc1F. The van der Waals surface area contributed by atoms with Gasteiger partial charge in [0.2, 0.25) is 11.7 Å². The second-order valence-electron chi connectivity index (χ2n) is 4.08. The Kier molecular flexibility index (Phi) is 3.84. The molecule has 1 aromatic carbocycles. The fourth-order valence-corrected chi connectivity index (χ4v) is 1.51. The number of aromatic nitrogens is 2. The fraction of sp³-hybridized carbons (Fsp3) is 0.333. The molecule has 2 aromatic rings. The molecule has 19 heavy (non-hydrogen) atoms. The Labute approximate surface area is 106 Å². The maximum Gasteiger partial charge on any atom is 0.264 e. The van der Waals surface area contributed by atoms with Gasteiger partial charge in [-0.2, -0.15) is 4.98 Å². The van der Waals surface area contributed by atoms with Crippen molar-refractivity contribution in [1.82, 2.24) is 10.1 Å². The number of alkyl halides is 2. The summed E-state index contributed by atoms with van der Waals surface area (Å²) < 4.78 is 42.2. The minimum absolute atomic E-state index is 0.0928. The highest BCUT2D eigenvalue weighted by atomic mass is 19.3. The van der Waals surface area contributed by atoms with Gasteiger partial charge in [-0.1, -0.05) is 5.16 Å². The summed E-state index contributed by atoms with van der Waals surface area (Å²) in [5, 5.41) is 12.6. The Balaban J connectivity index is 2.18. The Morgan fingerprint density at radius 3 is 2.74 bits per heavy atom. The lowest BCUT2D eigenvalue weighted by Crippen LogP contribution is -2.20. The maximum absolute atomic E-state index is 13.1. The third kappa shape index (κ3) is 3.11. The average molecular weight is 272 g/mol. The summed E-state index contributed by atoms with van der Waals surface area (Å²) in [6.07, 6.45) is -5.14. The number of hydrogen-bond acceptors (Lipinski definition) is 4. The lowest BCUT2D eigenvalue weighted by atomic mass is 10.1. The van der Waals surface area contributed by atoms with E-state index in [9.17, 15) is 13.2 Å². The van der Waals surface area contributed by atoms with Gasteiger partial charge in [0.25, 0.3) is 6.43 Å². The predicted octanol–water partition coefficient (Wildman–Crippen LogP) is 2.35. The molecule has 0 aliphatic carbocycles. The van der Waals surface area contributed by atoms with Gasteiger partial charge in [-0.3, -0.25) is 0 Å². The minimum Gasteiger partial charge on any atom is -0.387 e. The van der Waals surface area contributed by atoms with Crippen LogP contribution >= 0.6 is 0 Å². The summed E-state index contributed by atoms with van der Waals surface area (Å²) in [7, 11) is 0. The Morgan fingerprint density at radius 2 is 2.11 bits per heavy atom. The van der Waals surface area contributed by atoms with Gasteiger partial charge in [0.1, 0.15) is 11.9 Å². The van der Waals surface area contributed by atoms with Crippen LogP contribution in [-0.4, -0.2) is 27.8 Å². The Hall–Kier alpha value is -1.89. The molecule has 7 heteroatoms. The molecule has 1 heterocycles. The standard InChI is InChI=1S/C12H11F3N2O2/c1-6-4-7(2-3-8(6)13)12-16-10(19-17-12)5-9(18)11(14)15/h2-4,9,11,18H,5H2,1H3. The molecule has 1 atom stereocenters. The number of aliphatic hydroxyl groups excluding tert-OH is 1. The van der Waals surface area contributed by atoms with Gasteiger partial charge in [0.05, 0.1) is 6.42 Å². The van der Waals surface area contributed by atoms with Gasteiger partial charge >= 0.3 is 0 Å². The molecule has 0 bridgehead atoms. The molecule has 0 aliphatic heterocycles. The average Bonchev–Trinajstić information content (AvgIpc) is 2.81. The quantitative estimate of drug-likeness (QED) is 0.928. The number of rotatable bonds is 4. The first kappa shape index (κ1) is 13.5. The summed E-state index contributed by atoms with van der Waals surface area (Å²) in [6.45, 7) is 1.58. The molecule has 2 rings (SSSR count). The number of nitrogens with zero attached hydrogens (tertiary/aromatic N) is 2. The highest BCUT2D eigenvalue weighted by Crippen LogP contribution is 2.19. The first-order valence-electron chi connectivity index (χ1n) is 5.52. The smallest absolute Gasteiger partial charge is 0.264 e. The van der Waals surface area contributed by atoms with Gasteiger partial charge < -0.3 is 9.63 Å². The number of halogens is 3. The van der Waals surface area contributed by atoms with Gasteiger partial charge in [0, 0.05) is 5.56 Å². The molecule has 1 aromatic heterocycles. The molecule has 0 aliphatic rings. The van der Waals surface area contributed by atoms with Crippen molar-refractivity contribution in [2.45, 2.75) is 25.9 Å². The second kappa shape index (κ2) is 5.40. The van der Waals surface area contributed by atoms with Crippen LogP contribution in [0.4, 0.5) is 13.2 Å². The maximum atomic E-state index is 13.1. The molecule has 1 N–H and O–H groups in total. The summed E-state index contributed by atoms with van der Waals surface area (Å²) in [4.78, 5) is 3.88. The lowest BCUT2D eigenvalue weighted by molar-refractivity contribution is -0.00754. The van der Waals surface area contributed by atoms with Crippen LogP contribution in [0.5, 0.6) is 0 Å². The predicted molar refractivity (Wildman–Crippen MR) is 60.1 cm³/mol. The highest BCUT2D eigenvalue weighted by molar-refractivity contribution is 5.55. The number of aryl methyl sites for hydroxylation is 1. The molecular formula is C12H11F3N2O2. The topological polar surface area (TPSA) is 59.2 Å². The van der Waals surface area contributed by atoms with Crippen molar-refractivity contribution in [3.05, 3.63) is 35.5 Å². The molecule has 0 amide bonds. The molecule has 0 saturated heterocycles. The monoisotopic (exact) mass is 272 g/mol. The number of aliphatic hydroxyl groups is 1. The summed E-state index contributed by atoms with van der Waals surface area (Å²) in [6, 6.07) is 4.24. The normalized spacial score (nSPS) is 12.9. The van der Waals surface area contributed by atoms with Crippen LogP contribution in [0.25, 0.3) is 11.4 Å². The van der Waals surface area contributed by atoms with Crippen LogP contribution in [0.2, 0.25) is 0 Å². The Morgan fingerprint density at radius 1 is 1.37 bits per heavy atom. The lowest BCUT2D eigenvalue weighted by Gasteiger charge is -2.04. The molecular weight excluding hydrogens is 261 g/mol. The zero-order valence-electron chi connectivity index (χ0n) is 9.98. The summed E-state index contributed by atoms with van der Waals surface area (Å²) in [5.74, 6) is -0.287. The van der Waals surface area contributed by atoms with E-state index in [-0.39, 0.29) is 17.5 Å². The Bertz CT molecular complexity index is 572. The molecule has 0 saturated carbocycles. The van der Waals surface area contributed by atoms with E-state index in [2.05, 4.69) is 10.1 Å². The van der Waals surface area contributed by atoms with E-state index in [1.807, 2.05) is 0 Å². The van der Waals surface area contributed by atoms with E-state index in [0.717, 1.165) is 0 Å². The van der Waals surface area contributed by atoms with Gasteiger partial charge in [-0.05, 0) is 30.7 Å². The van der Waals surface area contributed by atoms with Crippen LogP contribution < -0.4 is 0 Å². The molecule has 0 fully saturated rings. The third-order valence-corrected chi connectivity index (χ3v) is 2.56. The van der Waals surface area contributed by atoms with E-state index < -0.39 is 19.0 Å². The van der Waals surface area contributed by atoms with E-state index in [0.29, 0.717) is 11.1 Å². The van der Waals surface area contributed by atoms with Crippen molar-refractivity contribution in [3.8, 4) is 11.4 Å². The van der Waals surface area contributed by atoms with Crippen molar-refractivity contribution in [2.75, 3.05) is 0 Å².